The SMILES string of the molecule is COC(=O)NNC(=O)C(NN1CCOCC1)c1ccc(Cl)cc1Cl. The summed E-state index contributed by atoms with van der Waals surface area (Å²) in [4.78, 5) is 23.6. The second kappa shape index (κ2) is 9.05. The molecule has 24 heavy (non-hydrogen) atoms. The van der Waals surface area contributed by atoms with E-state index in [4.69, 9.17) is 27.9 Å². The largest absolute Gasteiger partial charge is 0.452 e. The third kappa shape index (κ3) is 5.22. The van der Waals surface area contributed by atoms with Crippen molar-refractivity contribution in [2.24, 2.45) is 0 Å². The van der Waals surface area contributed by atoms with E-state index in [1.807, 2.05) is 5.01 Å². The molecule has 3 N–H and O–H groups in total. The van der Waals surface area contributed by atoms with Gasteiger partial charge in [0.05, 0.1) is 20.3 Å². The van der Waals surface area contributed by atoms with E-state index < -0.39 is 18.0 Å². The molecule has 0 aromatic heterocycles. The number of carbonyl (C=O) groups is 2. The zero-order valence-electron chi connectivity index (χ0n) is 13.0. The quantitative estimate of drug-likeness (QED) is 0.685. The highest BCUT2D eigenvalue weighted by atomic mass is 35.5. The number of carbonyl (C=O) groups excluding carboxylic acids is 2. The molecule has 0 spiro atoms. The number of halogens is 2. The average molecular weight is 377 g/mol. The molecule has 132 valence electrons. The monoisotopic (exact) mass is 376 g/mol. The first-order chi connectivity index (χ1) is 11.5. The number of ether oxygens (including phenoxy) is 2. The van der Waals surface area contributed by atoms with Gasteiger partial charge in [0.1, 0.15) is 6.04 Å². The van der Waals surface area contributed by atoms with Crippen LogP contribution in [0.15, 0.2) is 18.2 Å². The number of hydrogen-bond donors (Lipinski definition) is 3. The van der Waals surface area contributed by atoms with Crippen LogP contribution < -0.4 is 16.3 Å². The summed E-state index contributed by atoms with van der Waals surface area (Å²) in [5.41, 5.74) is 8.05. The van der Waals surface area contributed by atoms with Gasteiger partial charge in [0.25, 0.3) is 5.91 Å². The van der Waals surface area contributed by atoms with Crippen molar-refractivity contribution in [3.8, 4) is 0 Å². The Hall–Kier alpha value is -1.58. The van der Waals surface area contributed by atoms with Crippen molar-refractivity contribution in [1.29, 1.82) is 0 Å². The first kappa shape index (κ1) is 18.8. The van der Waals surface area contributed by atoms with Crippen LogP contribution in [0.4, 0.5) is 4.79 Å². The van der Waals surface area contributed by atoms with Crippen molar-refractivity contribution in [2.75, 3.05) is 33.4 Å². The molecular formula is C14H18Cl2N4O4. The molecular weight excluding hydrogens is 359 g/mol. The van der Waals surface area contributed by atoms with E-state index in [0.717, 1.165) is 0 Å². The maximum atomic E-state index is 12.5. The minimum absolute atomic E-state index is 0.335. The van der Waals surface area contributed by atoms with Crippen molar-refractivity contribution in [3.63, 3.8) is 0 Å². The molecule has 1 atom stereocenters. The summed E-state index contributed by atoms with van der Waals surface area (Å²) in [5.74, 6) is -0.504. The molecule has 10 heteroatoms. The van der Waals surface area contributed by atoms with Gasteiger partial charge in [-0.25, -0.2) is 20.7 Å². The molecule has 1 aromatic rings. The summed E-state index contributed by atoms with van der Waals surface area (Å²) in [6.45, 7) is 2.32. The summed E-state index contributed by atoms with van der Waals surface area (Å²) in [6.07, 6.45) is -0.782. The molecule has 2 rings (SSSR count). The molecule has 1 aliphatic heterocycles. The van der Waals surface area contributed by atoms with Gasteiger partial charge in [-0.3, -0.25) is 10.2 Å². The van der Waals surface area contributed by atoms with Gasteiger partial charge in [-0.2, -0.15) is 0 Å². The van der Waals surface area contributed by atoms with E-state index in [1.54, 1.807) is 18.2 Å². The van der Waals surface area contributed by atoms with Crippen LogP contribution >= 0.6 is 23.2 Å². The van der Waals surface area contributed by atoms with Crippen LogP contribution in [0, 0.1) is 0 Å². The van der Waals surface area contributed by atoms with Crippen molar-refractivity contribution in [2.45, 2.75) is 6.04 Å². The van der Waals surface area contributed by atoms with Crippen molar-refractivity contribution < 1.29 is 19.1 Å². The Morgan fingerprint density at radius 3 is 2.58 bits per heavy atom. The van der Waals surface area contributed by atoms with Gasteiger partial charge >= 0.3 is 6.09 Å². The third-order valence-corrected chi connectivity index (χ3v) is 3.89. The van der Waals surface area contributed by atoms with Crippen molar-refractivity contribution >= 4 is 35.2 Å². The Morgan fingerprint density at radius 2 is 1.96 bits per heavy atom. The van der Waals surface area contributed by atoms with Crippen LogP contribution in [0.3, 0.4) is 0 Å². The minimum Gasteiger partial charge on any atom is -0.452 e. The van der Waals surface area contributed by atoms with Crippen LogP contribution in [0.5, 0.6) is 0 Å². The van der Waals surface area contributed by atoms with Crippen LogP contribution in [-0.2, 0) is 14.3 Å². The topological polar surface area (TPSA) is 91.9 Å². The molecule has 0 aliphatic carbocycles. The Kier molecular flexibility index (Phi) is 7.07. The molecule has 0 saturated carbocycles. The van der Waals surface area contributed by atoms with Gasteiger partial charge in [0, 0.05) is 23.1 Å². The van der Waals surface area contributed by atoms with Gasteiger partial charge in [-0.1, -0.05) is 29.3 Å². The van der Waals surface area contributed by atoms with E-state index in [1.165, 1.54) is 7.11 Å². The number of nitrogens with one attached hydrogen (secondary N) is 3. The highest BCUT2D eigenvalue weighted by Crippen LogP contribution is 2.27. The molecule has 1 saturated heterocycles. The number of benzene rings is 1. The first-order valence-electron chi connectivity index (χ1n) is 7.19. The number of amides is 2. The van der Waals surface area contributed by atoms with E-state index in [2.05, 4.69) is 21.0 Å². The summed E-state index contributed by atoms with van der Waals surface area (Å²) >= 11 is 12.1. The van der Waals surface area contributed by atoms with Crippen LogP contribution in [0.2, 0.25) is 10.0 Å². The predicted molar refractivity (Wildman–Crippen MR) is 88.4 cm³/mol. The van der Waals surface area contributed by atoms with Gasteiger partial charge in [-0.15, -0.1) is 0 Å². The van der Waals surface area contributed by atoms with E-state index in [-0.39, 0.29) is 0 Å². The lowest BCUT2D eigenvalue weighted by Crippen LogP contribution is -2.53. The zero-order valence-corrected chi connectivity index (χ0v) is 14.5. The Labute approximate surface area is 149 Å². The van der Waals surface area contributed by atoms with Crippen molar-refractivity contribution in [3.05, 3.63) is 33.8 Å². The lowest BCUT2D eigenvalue weighted by molar-refractivity contribution is -0.126. The van der Waals surface area contributed by atoms with E-state index >= 15 is 0 Å². The van der Waals surface area contributed by atoms with Crippen LogP contribution in [-0.4, -0.2) is 50.4 Å². The number of hydrogen-bond acceptors (Lipinski definition) is 6. The molecule has 1 aliphatic rings. The van der Waals surface area contributed by atoms with E-state index in [9.17, 15) is 9.59 Å². The lowest BCUT2D eigenvalue weighted by Gasteiger charge is -2.31. The fourth-order valence-electron chi connectivity index (χ4n) is 2.12. The molecule has 1 fully saturated rings. The minimum atomic E-state index is -0.829. The van der Waals surface area contributed by atoms with Crippen molar-refractivity contribution in [1.82, 2.24) is 21.3 Å². The summed E-state index contributed by atoms with van der Waals surface area (Å²) < 4.78 is 9.70. The first-order valence-corrected chi connectivity index (χ1v) is 7.94. The van der Waals surface area contributed by atoms with E-state index in [0.29, 0.717) is 41.9 Å². The fourth-order valence-corrected chi connectivity index (χ4v) is 2.63. The average Bonchev–Trinajstić information content (AvgIpc) is 2.58. The summed E-state index contributed by atoms with van der Waals surface area (Å²) in [7, 11) is 1.20. The summed E-state index contributed by atoms with van der Waals surface area (Å²) in [6, 6.07) is 4.01. The number of methoxy groups -OCH3 is 1. The second-order valence-electron chi connectivity index (χ2n) is 4.93. The number of rotatable bonds is 4. The van der Waals surface area contributed by atoms with Gasteiger partial charge in [0.2, 0.25) is 0 Å². The molecule has 1 heterocycles. The second-order valence-corrected chi connectivity index (χ2v) is 5.78. The molecule has 0 bridgehead atoms. The predicted octanol–water partition coefficient (Wildman–Crippen LogP) is 1.26. The maximum Gasteiger partial charge on any atom is 0.425 e. The Balaban J connectivity index is 2.16. The zero-order chi connectivity index (χ0) is 17.5. The third-order valence-electron chi connectivity index (χ3n) is 3.33. The molecule has 0 radical (unpaired) electrons. The Bertz CT molecular complexity index is 596. The van der Waals surface area contributed by atoms with Gasteiger partial charge in [-0.05, 0) is 17.7 Å². The van der Waals surface area contributed by atoms with Crippen LogP contribution in [0.25, 0.3) is 0 Å². The van der Waals surface area contributed by atoms with Crippen LogP contribution in [0.1, 0.15) is 11.6 Å². The highest BCUT2D eigenvalue weighted by molar-refractivity contribution is 6.35. The number of nitrogens with zero attached hydrogens (tertiary/aromatic N) is 1. The number of morpholine rings is 1. The molecule has 1 unspecified atom stereocenters. The molecule has 1 aromatic carbocycles. The Morgan fingerprint density at radius 1 is 1.25 bits per heavy atom. The molecule has 2 amide bonds. The number of hydrazine groups is 2. The highest BCUT2D eigenvalue weighted by Gasteiger charge is 2.26. The van der Waals surface area contributed by atoms with Gasteiger partial charge < -0.3 is 9.47 Å². The van der Waals surface area contributed by atoms with Gasteiger partial charge in [0.15, 0.2) is 0 Å². The molecule has 8 nitrogen and oxygen atoms in total. The normalized spacial score (nSPS) is 16.3. The smallest absolute Gasteiger partial charge is 0.425 e. The summed E-state index contributed by atoms with van der Waals surface area (Å²) in [5, 5.41) is 2.65. The standard InChI is InChI=1S/C14H18Cl2N4O4/c1-23-14(22)18-17-13(21)12(19-20-4-6-24-7-5-20)10-3-2-9(15)8-11(10)16/h2-3,8,12,19H,4-7H2,1H3,(H,17,21)(H,18,22). The fraction of sp³-hybridized carbons (Fsp3) is 0.429. The maximum absolute atomic E-state index is 12.5. The lowest BCUT2D eigenvalue weighted by atomic mass is 10.1.